The second kappa shape index (κ2) is 5.48. The lowest BCUT2D eigenvalue weighted by molar-refractivity contribution is -0.386. The van der Waals surface area contributed by atoms with Crippen LogP contribution in [0.1, 0.15) is 12.8 Å². The Labute approximate surface area is 109 Å². The summed E-state index contributed by atoms with van der Waals surface area (Å²) in [6.45, 7) is 1.07. The van der Waals surface area contributed by atoms with E-state index in [4.69, 9.17) is 0 Å². The van der Waals surface area contributed by atoms with Crippen LogP contribution in [-0.2, 0) is 0 Å². The van der Waals surface area contributed by atoms with Crippen molar-refractivity contribution in [3.05, 3.63) is 33.9 Å². The number of hydrogen-bond acceptors (Lipinski definition) is 4. The van der Waals surface area contributed by atoms with Gasteiger partial charge in [-0.05, 0) is 19.9 Å². The number of anilines is 1. The van der Waals surface area contributed by atoms with Gasteiger partial charge in [-0.3, -0.25) is 10.1 Å². The van der Waals surface area contributed by atoms with Crippen LogP contribution in [0.4, 0.5) is 20.2 Å². The van der Waals surface area contributed by atoms with Gasteiger partial charge in [0.25, 0.3) is 0 Å². The first-order chi connectivity index (χ1) is 8.99. The van der Waals surface area contributed by atoms with E-state index in [0.717, 1.165) is 18.9 Å². The van der Waals surface area contributed by atoms with Crippen LogP contribution in [0, 0.1) is 21.7 Å². The molecule has 19 heavy (non-hydrogen) atoms. The molecule has 0 aliphatic heterocycles. The summed E-state index contributed by atoms with van der Waals surface area (Å²) in [6.07, 6.45) is 2.32. The number of halogens is 2. The minimum absolute atomic E-state index is 0.119. The van der Waals surface area contributed by atoms with Gasteiger partial charge in [-0.25, -0.2) is 4.39 Å². The summed E-state index contributed by atoms with van der Waals surface area (Å²) < 4.78 is 26.4. The van der Waals surface area contributed by atoms with E-state index in [-0.39, 0.29) is 5.69 Å². The van der Waals surface area contributed by atoms with Gasteiger partial charge >= 0.3 is 5.69 Å². The first kappa shape index (κ1) is 13.7. The lowest BCUT2D eigenvalue weighted by atomic mass is 10.2. The van der Waals surface area contributed by atoms with Crippen LogP contribution >= 0.6 is 0 Å². The maximum atomic E-state index is 13.4. The average molecular weight is 271 g/mol. The molecule has 1 aliphatic carbocycles. The van der Waals surface area contributed by atoms with E-state index in [1.54, 1.807) is 0 Å². The number of likely N-dealkylation sites (N-methyl/N-ethyl adjacent to an activating group) is 1. The zero-order valence-electron chi connectivity index (χ0n) is 10.5. The summed E-state index contributed by atoms with van der Waals surface area (Å²) in [6, 6.07) is 2.03. The Morgan fingerprint density at radius 2 is 2.16 bits per heavy atom. The van der Waals surface area contributed by atoms with Crippen LogP contribution in [0.25, 0.3) is 0 Å². The zero-order chi connectivity index (χ0) is 14.0. The lowest BCUT2D eigenvalue weighted by Crippen LogP contribution is -2.27. The Morgan fingerprint density at radius 1 is 1.47 bits per heavy atom. The Hall–Kier alpha value is -1.76. The topological polar surface area (TPSA) is 58.4 Å². The Kier molecular flexibility index (Phi) is 3.94. The fraction of sp³-hybridized carbons (Fsp3) is 0.500. The van der Waals surface area contributed by atoms with Crippen molar-refractivity contribution in [3.8, 4) is 0 Å². The largest absolute Gasteiger partial charge is 0.378 e. The molecule has 1 aromatic carbocycles. The summed E-state index contributed by atoms with van der Waals surface area (Å²) >= 11 is 0. The molecule has 1 aliphatic rings. The van der Waals surface area contributed by atoms with Gasteiger partial charge in [0.2, 0.25) is 5.82 Å². The molecule has 104 valence electrons. The number of benzene rings is 1. The van der Waals surface area contributed by atoms with Gasteiger partial charge in [0, 0.05) is 31.3 Å². The Morgan fingerprint density at radius 3 is 2.74 bits per heavy atom. The highest BCUT2D eigenvalue weighted by atomic mass is 19.1. The van der Waals surface area contributed by atoms with E-state index in [1.165, 1.54) is 0 Å². The molecule has 0 unspecified atom stereocenters. The molecular weight excluding hydrogens is 256 g/mol. The minimum atomic E-state index is -1.16. The van der Waals surface area contributed by atoms with Gasteiger partial charge in [0.1, 0.15) is 11.5 Å². The smallest absolute Gasteiger partial charge is 0.327 e. The van der Waals surface area contributed by atoms with E-state index in [1.807, 2.05) is 7.05 Å². The van der Waals surface area contributed by atoms with Crippen molar-refractivity contribution in [1.82, 2.24) is 4.90 Å². The quantitative estimate of drug-likeness (QED) is 0.637. The molecule has 5 nitrogen and oxygen atoms in total. The lowest BCUT2D eigenvalue weighted by Gasteiger charge is -2.16. The number of nitrogens with one attached hydrogen (secondary N) is 1. The molecule has 1 aromatic rings. The van der Waals surface area contributed by atoms with Crippen LogP contribution in [0.3, 0.4) is 0 Å². The third kappa shape index (κ3) is 3.37. The van der Waals surface area contributed by atoms with Crippen LogP contribution in [0.5, 0.6) is 0 Å². The van der Waals surface area contributed by atoms with Crippen molar-refractivity contribution in [2.75, 3.05) is 25.5 Å². The third-order valence-electron chi connectivity index (χ3n) is 3.16. The van der Waals surface area contributed by atoms with Crippen molar-refractivity contribution in [2.24, 2.45) is 0 Å². The molecule has 7 heteroatoms. The Bertz CT molecular complexity index is 492. The van der Waals surface area contributed by atoms with Gasteiger partial charge in [-0.1, -0.05) is 0 Å². The fourth-order valence-corrected chi connectivity index (χ4v) is 1.95. The van der Waals surface area contributed by atoms with Crippen LogP contribution in [0.15, 0.2) is 12.1 Å². The zero-order valence-corrected chi connectivity index (χ0v) is 10.5. The standard InChI is InChI=1S/C12H15F2N3O2/c1-16(9-2-3-9)5-4-15-11-7-8(13)6-10(14)12(11)17(18)19/h6-7,9,15H,2-5H2,1H3. The predicted octanol–water partition coefficient (Wildman–Crippen LogP) is 2.38. The molecule has 0 heterocycles. The number of nitro benzene ring substituents is 1. The highest BCUT2D eigenvalue weighted by Crippen LogP contribution is 2.29. The van der Waals surface area contributed by atoms with Crippen molar-refractivity contribution in [3.63, 3.8) is 0 Å². The van der Waals surface area contributed by atoms with Gasteiger partial charge in [-0.15, -0.1) is 0 Å². The van der Waals surface area contributed by atoms with Crippen molar-refractivity contribution < 1.29 is 13.7 Å². The van der Waals surface area contributed by atoms with E-state index in [0.29, 0.717) is 25.2 Å². The van der Waals surface area contributed by atoms with Crippen LogP contribution < -0.4 is 5.32 Å². The van der Waals surface area contributed by atoms with Gasteiger partial charge in [0.15, 0.2) is 0 Å². The molecule has 1 N–H and O–H groups in total. The van der Waals surface area contributed by atoms with Gasteiger partial charge < -0.3 is 10.2 Å². The van der Waals surface area contributed by atoms with E-state index < -0.39 is 22.2 Å². The third-order valence-corrected chi connectivity index (χ3v) is 3.16. The summed E-state index contributed by atoms with van der Waals surface area (Å²) in [5.74, 6) is -2.00. The maximum absolute atomic E-state index is 13.4. The molecule has 0 spiro atoms. The molecule has 1 saturated carbocycles. The highest BCUT2D eigenvalue weighted by Gasteiger charge is 2.26. The molecule has 1 fully saturated rings. The van der Waals surface area contributed by atoms with E-state index >= 15 is 0 Å². The van der Waals surface area contributed by atoms with Crippen molar-refractivity contribution in [2.45, 2.75) is 18.9 Å². The predicted molar refractivity (Wildman–Crippen MR) is 67.2 cm³/mol. The molecule has 0 atom stereocenters. The molecule has 0 amide bonds. The first-order valence-electron chi connectivity index (χ1n) is 6.06. The number of rotatable bonds is 6. The molecular formula is C12H15F2N3O2. The summed E-state index contributed by atoms with van der Waals surface area (Å²) in [5, 5.41) is 13.5. The summed E-state index contributed by atoms with van der Waals surface area (Å²) in [5.41, 5.74) is -0.831. The first-order valence-corrected chi connectivity index (χ1v) is 6.06. The van der Waals surface area contributed by atoms with E-state index in [2.05, 4.69) is 10.2 Å². The van der Waals surface area contributed by atoms with Gasteiger partial charge in [-0.2, -0.15) is 4.39 Å². The SMILES string of the molecule is CN(CCNc1cc(F)cc(F)c1[N+](=O)[O-])C1CC1. The summed E-state index contributed by atoms with van der Waals surface area (Å²) in [7, 11) is 1.96. The molecule has 0 bridgehead atoms. The van der Waals surface area contributed by atoms with E-state index in [9.17, 15) is 18.9 Å². The normalized spacial score (nSPS) is 14.7. The maximum Gasteiger partial charge on any atom is 0.327 e. The molecule has 0 radical (unpaired) electrons. The molecule has 0 aromatic heterocycles. The number of nitro groups is 1. The van der Waals surface area contributed by atoms with Gasteiger partial charge in [0.05, 0.1) is 4.92 Å². The Balaban J connectivity index is 2.03. The minimum Gasteiger partial charge on any atom is -0.378 e. The fourth-order valence-electron chi connectivity index (χ4n) is 1.95. The van der Waals surface area contributed by atoms with Crippen molar-refractivity contribution in [1.29, 1.82) is 0 Å². The monoisotopic (exact) mass is 271 g/mol. The molecule has 0 saturated heterocycles. The summed E-state index contributed by atoms with van der Waals surface area (Å²) in [4.78, 5) is 12.0. The number of nitrogens with zero attached hydrogens (tertiary/aromatic N) is 2. The molecule has 2 rings (SSSR count). The highest BCUT2D eigenvalue weighted by molar-refractivity contribution is 5.62. The van der Waals surface area contributed by atoms with Crippen molar-refractivity contribution >= 4 is 11.4 Å². The second-order valence-electron chi connectivity index (χ2n) is 4.68. The van der Waals surface area contributed by atoms with Crippen LogP contribution in [-0.4, -0.2) is 36.0 Å². The average Bonchev–Trinajstić information content (AvgIpc) is 3.10. The number of hydrogen-bond donors (Lipinski definition) is 1. The second-order valence-corrected chi connectivity index (χ2v) is 4.68. The van der Waals surface area contributed by atoms with Crippen LogP contribution in [0.2, 0.25) is 0 Å².